The van der Waals surface area contributed by atoms with Gasteiger partial charge in [-0.3, -0.25) is 0 Å². The van der Waals surface area contributed by atoms with E-state index in [-0.39, 0.29) is 11.5 Å². The van der Waals surface area contributed by atoms with Crippen molar-refractivity contribution in [2.75, 3.05) is 6.61 Å². The summed E-state index contributed by atoms with van der Waals surface area (Å²) >= 11 is 1.66. The molecule has 0 saturated heterocycles. The average molecular weight is 650 g/mol. The second kappa shape index (κ2) is 18.8. The molecular weight excluding hydrogens is 601 g/mol. The number of rotatable bonds is 21. The Bertz CT molecular complexity index is 1470. The van der Waals surface area contributed by atoms with Crippen molar-refractivity contribution in [3.05, 3.63) is 94.9 Å². The minimum atomic E-state index is -4.71. The summed E-state index contributed by atoms with van der Waals surface area (Å²) in [5.41, 5.74) is 4.65. The van der Waals surface area contributed by atoms with Crippen molar-refractivity contribution in [2.45, 2.75) is 97.4 Å². The van der Waals surface area contributed by atoms with E-state index in [0.717, 1.165) is 29.5 Å². The average Bonchev–Trinajstić information content (AvgIpc) is 3.44. The Balaban J connectivity index is 1.28. The van der Waals surface area contributed by atoms with E-state index in [1.54, 1.807) is 47.7 Å². The highest BCUT2D eigenvalue weighted by Crippen LogP contribution is 2.43. The lowest BCUT2D eigenvalue weighted by atomic mass is 10.0. The molecule has 1 unspecified atom stereocenters. The molecule has 4 rings (SSSR count). The van der Waals surface area contributed by atoms with Crippen molar-refractivity contribution in [1.82, 2.24) is 0 Å². The summed E-state index contributed by atoms with van der Waals surface area (Å²) in [7, 11) is -4.71. The molecule has 0 aliphatic heterocycles. The molecule has 0 fully saturated rings. The zero-order chi connectivity index (χ0) is 31.7. The number of unbranched alkanes of at least 4 members (excludes halogenated alkanes) is 11. The third kappa shape index (κ3) is 12.7. The van der Waals surface area contributed by atoms with Crippen molar-refractivity contribution < 1.29 is 27.8 Å². The van der Waals surface area contributed by atoms with Crippen LogP contribution < -0.4 is 23.2 Å². The van der Waals surface area contributed by atoms with Crippen LogP contribution in [0.2, 0.25) is 0 Å². The quantitative estimate of drug-likeness (QED) is 0.0510. The van der Waals surface area contributed by atoms with Crippen molar-refractivity contribution in [3.63, 3.8) is 0 Å². The van der Waals surface area contributed by atoms with Gasteiger partial charge in [0.1, 0.15) is 17.2 Å². The van der Waals surface area contributed by atoms with Crippen molar-refractivity contribution in [3.8, 4) is 28.4 Å². The summed E-state index contributed by atoms with van der Waals surface area (Å²) in [5.74, 6) is 1.08. The van der Waals surface area contributed by atoms with Gasteiger partial charge in [-0.25, -0.2) is 4.57 Å². The van der Waals surface area contributed by atoms with Gasteiger partial charge in [0.05, 0.1) is 11.5 Å². The Morgan fingerprint density at radius 2 is 1.40 bits per heavy atom. The van der Waals surface area contributed by atoms with Crippen LogP contribution in [-0.2, 0) is 11.1 Å². The predicted octanol–water partition coefficient (Wildman–Crippen LogP) is 10.1. The van der Waals surface area contributed by atoms with Gasteiger partial charge in [0, 0.05) is 11.1 Å². The number of phosphoric acid groups is 1. The molecule has 0 aliphatic carbocycles. The molecule has 8 heteroatoms. The van der Waals surface area contributed by atoms with E-state index in [1.807, 2.05) is 48.8 Å². The normalized spacial score (nSPS) is 12.5. The van der Waals surface area contributed by atoms with Crippen LogP contribution in [0.1, 0.15) is 94.4 Å². The van der Waals surface area contributed by atoms with Gasteiger partial charge in [-0.1, -0.05) is 131 Å². The number of aryl methyl sites for hydroxylation is 1. The van der Waals surface area contributed by atoms with Crippen LogP contribution in [0.5, 0.6) is 17.2 Å². The highest BCUT2D eigenvalue weighted by atomic mass is 32.1. The lowest BCUT2D eigenvalue weighted by molar-refractivity contribution is -0.683. The number of benzene rings is 3. The number of phosphoric ester groups is 1. The monoisotopic (exact) mass is 649 g/mol. The summed E-state index contributed by atoms with van der Waals surface area (Å²) in [6.45, 7) is 5.54. The largest absolute Gasteiger partial charge is 0.736 e. The molecule has 0 amide bonds. The molecule has 3 aromatic carbocycles. The third-order valence-electron chi connectivity index (χ3n) is 7.71. The Morgan fingerprint density at radius 3 is 2.04 bits per heavy atom. The maximum absolute atomic E-state index is 12.9. The van der Waals surface area contributed by atoms with Gasteiger partial charge < -0.3 is 18.7 Å². The smallest absolute Gasteiger partial charge is 0.372 e. The van der Waals surface area contributed by atoms with Crippen molar-refractivity contribution >= 4 is 19.2 Å². The molecule has 6 nitrogen and oxygen atoms in total. The van der Waals surface area contributed by atoms with E-state index in [2.05, 4.69) is 17.7 Å². The van der Waals surface area contributed by atoms with E-state index in [9.17, 15) is 9.46 Å². The maximum Gasteiger partial charge on any atom is 0.372 e. The molecule has 1 aromatic heterocycles. The highest BCUT2D eigenvalue weighted by Gasteiger charge is 2.17. The fourth-order valence-corrected chi connectivity index (χ4v) is 6.79. The van der Waals surface area contributed by atoms with Crippen LogP contribution in [0.25, 0.3) is 11.1 Å². The zero-order valence-corrected chi connectivity index (χ0v) is 28.5. The summed E-state index contributed by atoms with van der Waals surface area (Å²) in [5, 5.41) is 0. The number of ether oxygens (including phenoxy) is 1. The number of hydrogen-bond donors (Lipinski definition) is 0. The lowest BCUT2D eigenvalue weighted by Crippen LogP contribution is -2.30. The SMILES string of the molecule is CCCCCCCCCCCCCCOc1ccc(OP(=O)([O-])Oc2cccc(C[n+]3csc(C)c3)c2)cc1-c1ccccc1. The first-order chi connectivity index (χ1) is 21.9. The Kier molecular flexibility index (Phi) is 14.5. The Morgan fingerprint density at radius 1 is 0.756 bits per heavy atom. The molecule has 1 heterocycles. The van der Waals surface area contributed by atoms with Gasteiger partial charge in [0.25, 0.3) is 0 Å². The minimum absolute atomic E-state index is 0.172. The predicted molar refractivity (Wildman–Crippen MR) is 182 cm³/mol. The molecule has 0 aliphatic rings. The zero-order valence-electron chi connectivity index (χ0n) is 26.8. The first-order valence-corrected chi connectivity index (χ1v) is 18.8. The molecule has 45 heavy (non-hydrogen) atoms. The Hall–Kier alpha value is -3.12. The van der Waals surface area contributed by atoms with Gasteiger partial charge in [0.2, 0.25) is 5.51 Å². The molecule has 0 bridgehead atoms. The molecule has 242 valence electrons. The van der Waals surface area contributed by atoms with Crippen molar-refractivity contribution in [1.29, 1.82) is 0 Å². The van der Waals surface area contributed by atoms with E-state index in [4.69, 9.17) is 13.8 Å². The van der Waals surface area contributed by atoms with Crippen LogP contribution in [0.3, 0.4) is 0 Å². The number of nitrogens with zero attached hydrogens (tertiary/aromatic N) is 1. The molecule has 4 aromatic rings. The van der Waals surface area contributed by atoms with Gasteiger partial charge in [-0.15, -0.1) is 0 Å². The molecule has 0 saturated carbocycles. The van der Waals surface area contributed by atoms with E-state index >= 15 is 0 Å². The molecule has 0 N–H and O–H groups in total. The summed E-state index contributed by atoms with van der Waals surface area (Å²) < 4.78 is 32.0. The first-order valence-electron chi connectivity index (χ1n) is 16.5. The van der Waals surface area contributed by atoms with Gasteiger partial charge >= 0.3 is 7.82 Å². The molecule has 0 spiro atoms. The first kappa shape index (κ1) is 34.7. The number of aromatic nitrogens is 1. The third-order valence-corrected chi connectivity index (χ3v) is 9.43. The molecule has 0 radical (unpaired) electrons. The number of thiazole rings is 1. The summed E-state index contributed by atoms with van der Waals surface area (Å²) in [6, 6.07) is 21.9. The maximum atomic E-state index is 12.9. The summed E-state index contributed by atoms with van der Waals surface area (Å²) in [6.07, 6.45) is 17.6. The number of hydrogen-bond acceptors (Lipinski definition) is 6. The van der Waals surface area contributed by atoms with Crippen LogP contribution in [0.15, 0.2) is 84.5 Å². The minimum Gasteiger partial charge on any atom is -0.736 e. The molecule has 1 atom stereocenters. The topological polar surface area (TPSA) is 71.7 Å². The second-order valence-corrected chi connectivity index (χ2v) is 14.0. The van der Waals surface area contributed by atoms with Crippen LogP contribution in [-0.4, -0.2) is 6.61 Å². The fourth-order valence-electron chi connectivity index (χ4n) is 5.38. The van der Waals surface area contributed by atoms with Crippen LogP contribution in [0, 0.1) is 6.92 Å². The van der Waals surface area contributed by atoms with Gasteiger partial charge in [-0.2, -0.15) is 4.57 Å². The van der Waals surface area contributed by atoms with Gasteiger partial charge in [-0.05, 0) is 49.2 Å². The standard InChI is InChI=1S/C37H48NO5PS/c1-3-4-5-6-7-8-9-10-11-12-13-17-25-41-37-24-23-35(27-36(37)33-20-15-14-16-21-33)43-44(39,40)42-34-22-18-19-32(26-34)29-38-28-31(2)45-30-38/h14-16,18-24,26-28,30H,3-13,17,25,29H2,1-2H3. The molecular formula is C37H48NO5PS. The summed E-state index contributed by atoms with van der Waals surface area (Å²) in [4.78, 5) is 14.1. The van der Waals surface area contributed by atoms with Crippen molar-refractivity contribution in [2.24, 2.45) is 0 Å². The highest BCUT2D eigenvalue weighted by molar-refractivity contribution is 7.46. The van der Waals surface area contributed by atoms with E-state index in [0.29, 0.717) is 18.9 Å². The second-order valence-electron chi connectivity index (χ2n) is 11.7. The fraction of sp³-hybridized carbons (Fsp3) is 0.432. The lowest BCUT2D eigenvalue weighted by Gasteiger charge is -2.24. The van der Waals surface area contributed by atoms with Crippen LogP contribution >= 0.6 is 19.2 Å². The van der Waals surface area contributed by atoms with Crippen LogP contribution in [0.4, 0.5) is 0 Å². The van der Waals surface area contributed by atoms with E-state index in [1.165, 1.54) is 69.1 Å². The van der Waals surface area contributed by atoms with E-state index < -0.39 is 7.82 Å². The van der Waals surface area contributed by atoms with Gasteiger partial charge in [0.15, 0.2) is 12.7 Å². The Labute approximate surface area is 273 Å².